The molecule has 1 amide bonds. The summed E-state index contributed by atoms with van der Waals surface area (Å²) < 4.78 is 1.82. The van der Waals surface area contributed by atoms with Gasteiger partial charge in [0, 0.05) is 11.8 Å². The molecule has 2 aromatic heterocycles. The molecule has 4 rings (SSSR count). The number of rotatable bonds is 3. The highest BCUT2D eigenvalue weighted by Gasteiger charge is 2.18. The van der Waals surface area contributed by atoms with Gasteiger partial charge in [0.15, 0.2) is 5.65 Å². The Morgan fingerprint density at radius 3 is 2.54 bits per heavy atom. The van der Waals surface area contributed by atoms with Crippen LogP contribution in [0.3, 0.4) is 0 Å². The number of nitrogens with two attached hydrogens (primary N) is 1. The van der Waals surface area contributed by atoms with Gasteiger partial charge in [-0.15, -0.1) is 0 Å². The summed E-state index contributed by atoms with van der Waals surface area (Å²) in [5.41, 5.74) is 10.1. The van der Waals surface area contributed by atoms with Gasteiger partial charge in [0.25, 0.3) is 5.91 Å². The van der Waals surface area contributed by atoms with Crippen molar-refractivity contribution in [1.82, 2.24) is 14.5 Å². The molecule has 4 aromatic rings. The van der Waals surface area contributed by atoms with Crippen molar-refractivity contribution in [3.8, 4) is 16.8 Å². The van der Waals surface area contributed by atoms with Crippen LogP contribution >= 0.6 is 0 Å². The number of hydrogen-bond acceptors (Lipinski definition) is 3. The second kappa shape index (κ2) is 5.62. The largest absolute Gasteiger partial charge is 0.366 e. The Morgan fingerprint density at radius 2 is 1.75 bits per heavy atom. The summed E-state index contributed by atoms with van der Waals surface area (Å²) in [6, 6.07) is 19.1. The molecular weight excluding hydrogens is 300 g/mol. The van der Waals surface area contributed by atoms with Crippen molar-refractivity contribution in [2.24, 2.45) is 5.73 Å². The molecule has 0 aliphatic carbocycles. The zero-order chi connectivity index (χ0) is 16.5. The van der Waals surface area contributed by atoms with Crippen LogP contribution in [0.15, 0.2) is 73.2 Å². The SMILES string of the molecule is NC(=O)c1cccc(-c2ccccc2)c1-n1cnc2cccnc21. The molecular formula is C19H14N4O. The van der Waals surface area contributed by atoms with Crippen LogP contribution in [0.1, 0.15) is 10.4 Å². The van der Waals surface area contributed by atoms with E-state index < -0.39 is 5.91 Å². The highest BCUT2D eigenvalue weighted by Crippen LogP contribution is 2.31. The summed E-state index contributed by atoms with van der Waals surface area (Å²) in [5, 5.41) is 0. The van der Waals surface area contributed by atoms with E-state index in [2.05, 4.69) is 9.97 Å². The Morgan fingerprint density at radius 1 is 0.917 bits per heavy atom. The van der Waals surface area contributed by atoms with Gasteiger partial charge in [-0.05, 0) is 23.8 Å². The summed E-state index contributed by atoms with van der Waals surface area (Å²) in [7, 11) is 0. The third-order valence-corrected chi connectivity index (χ3v) is 3.93. The first-order valence-corrected chi connectivity index (χ1v) is 7.52. The van der Waals surface area contributed by atoms with E-state index in [0.717, 1.165) is 16.6 Å². The number of carbonyl (C=O) groups is 1. The molecule has 0 unspecified atom stereocenters. The van der Waals surface area contributed by atoms with E-state index >= 15 is 0 Å². The quantitative estimate of drug-likeness (QED) is 0.631. The van der Waals surface area contributed by atoms with Crippen molar-refractivity contribution in [2.45, 2.75) is 0 Å². The van der Waals surface area contributed by atoms with Gasteiger partial charge in [0.1, 0.15) is 11.8 Å². The summed E-state index contributed by atoms with van der Waals surface area (Å²) >= 11 is 0. The first kappa shape index (κ1) is 14.1. The lowest BCUT2D eigenvalue weighted by molar-refractivity contribution is 0.100. The summed E-state index contributed by atoms with van der Waals surface area (Å²) in [5.74, 6) is -0.486. The van der Waals surface area contributed by atoms with Gasteiger partial charge in [-0.1, -0.05) is 42.5 Å². The van der Waals surface area contributed by atoms with E-state index in [0.29, 0.717) is 16.9 Å². The van der Waals surface area contributed by atoms with Crippen molar-refractivity contribution in [3.05, 3.63) is 78.8 Å². The lowest BCUT2D eigenvalue weighted by atomic mass is 9.99. The van der Waals surface area contributed by atoms with Crippen molar-refractivity contribution >= 4 is 17.1 Å². The number of carbonyl (C=O) groups excluding carboxylic acids is 1. The predicted octanol–water partition coefficient (Wildman–Crippen LogP) is 3.19. The molecule has 0 aliphatic heterocycles. The standard InChI is InChI=1S/C19H14N4O/c20-18(24)15-9-4-8-14(13-6-2-1-3-7-13)17(15)23-12-22-16-10-5-11-21-19(16)23/h1-12H,(H2,20,24). The van der Waals surface area contributed by atoms with E-state index in [-0.39, 0.29) is 0 Å². The Kier molecular flexibility index (Phi) is 3.31. The fraction of sp³-hybridized carbons (Fsp3) is 0. The highest BCUT2D eigenvalue weighted by molar-refractivity contribution is 6.00. The molecule has 0 saturated heterocycles. The third kappa shape index (κ3) is 2.23. The van der Waals surface area contributed by atoms with Gasteiger partial charge >= 0.3 is 0 Å². The average Bonchev–Trinajstić information content (AvgIpc) is 3.05. The number of imidazole rings is 1. The van der Waals surface area contributed by atoms with Crippen LogP contribution in [0.4, 0.5) is 0 Å². The number of fused-ring (bicyclic) bond motifs is 1. The first-order chi connectivity index (χ1) is 11.8. The van der Waals surface area contributed by atoms with Gasteiger partial charge in [-0.25, -0.2) is 9.97 Å². The molecule has 5 heteroatoms. The van der Waals surface area contributed by atoms with Gasteiger partial charge in [-0.2, -0.15) is 0 Å². The molecule has 0 saturated carbocycles. The maximum Gasteiger partial charge on any atom is 0.250 e. The average molecular weight is 314 g/mol. The topological polar surface area (TPSA) is 73.8 Å². The van der Waals surface area contributed by atoms with E-state index in [1.54, 1.807) is 18.6 Å². The molecule has 5 nitrogen and oxygen atoms in total. The minimum Gasteiger partial charge on any atom is -0.366 e. The summed E-state index contributed by atoms with van der Waals surface area (Å²) in [4.78, 5) is 20.8. The van der Waals surface area contributed by atoms with Crippen LogP contribution in [0.2, 0.25) is 0 Å². The predicted molar refractivity (Wildman–Crippen MR) is 92.8 cm³/mol. The van der Waals surface area contributed by atoms with Gasteiger partial charge < -0.3 is 5.73 Å². The molecule has 2 N–H and O–H groups in total. The van der Waals surface area contributed by atoms with Crippen LogP contribution in [-0.2, 0) is 0 Å². The fourth-order valence-electron chi connectivity index (χ4n) is 2.87. The van der Waals surface area contributed by atoms with Crippen LogP contribution in [0, 0.1) is 0 Å². The maximum absolute atomic E-state index is 12.0. The first-order valence-electron chi connectivity index (χ1n) is 7.52. The minimum absolute atomic E-state index is 0.432. The number of aromatic nitrogens is 3. The van der Waals surface area contributed by atoms with Crippen molar-refractivity contribution < 1.29 is 4.79 Å². The monoisotopic (exact) mass is 314 g/mol. The van der Waals surface area contributed by atoms with Crippen LogP contribution in [-0.4, -0.2) is 20.4 Å². The van der Waals surface area contributed by atoms with Gasteiger partial charge in [0.05, 0.1) is 11.3 Å². The third-order valence-electron chi connectivity index (χ3n) is 3.93. The van der Waals surface area contributed by atoms with Crippen molar-refractivity contribution in [3.63, 3.8) is 0 Å². The number of benzene rings is 2. The zero-order valence-corrected chi connectivity index (χ0v) is 12.8. The van der Waals surface area contributed by atoms with Gasteiger partial charge in [0.2, 0.25) is 0 Å². The van der Waals surface area contributed by atoms with E-state index in [1.807, 2.05) is 59.2 Å². The molecule has 2 aromatic carbocycles. The number of pyridine rings is 1. The van der Waals surface area contributed by atoms with E-state index in [4.69, 9.17) is 5.73 Å². The molecule has 0 spiro atoms. The van der Waals surface area contributed by atoms with Crippen LogP contribution < -0.4 is 5.73 Å². The fourth-order valence-corrected chi connectivity index (χ4v) is 2.87. The Labute approximate surface area is 138 Å². The molecule has 0 radical (unpaired) electrons. The minimum atomic E-state index is -0.486. The summed E-state index contributed by atoms with van der Waals surface area (Å²) in [6.45, 7) is 0. The lowest BCUT2D eigenvalue weighted by Crippen LogP contribution is -2.15. The molecule has 0 bridgehead atoms. The Balaban J connectivity index is 2.08. The Hall–Kier alpha value is -3.47. The van der Waals surface area contributed by atoms with Crippen LogP contribution in [0.25, 0.3) is 28.0 Å². The second-order valence-electron chi connectivity index (χ2n) is 5.39. The smallest absolute Gasteiger partial charge is 0.250 e. The summed E-state index contributed by atoms with van der Waals surface area (Å²) in [6.07, 6.45) is 3.38. The molecule has 0 aliphatic rings. The number of primary amides is 1. The number of nitrogens with zero attached hydrogens (tertiary/aromatic N) is 3. The second-order valence-corrected chi connectivity index (χ2v) is 5.39. The maximum atomic E-state index is 12.0. The van der Waals surface area contributed by atoms with Crippen LogP contribution in [0.5, 0.6) is 0 Å². The molecule has 116 valence electrons. The number of hydrogen-bond donors (Lipinski definition) is 1. The molecule has 24 heavy (non-hydrogen) atoms. The number of para-hydroxylation sites is 1. The lowest BCUT2D eigenvalue weighted by Gasteiger charge is -2.14. The van der Waals surface area contributed by atoms with E-state index in [9.17, 15) is 4.79 Å². The Bertz CT molecular complexity index is 1040. The van der Waals surface area contributed by atoms with Gasteiger partial charge in [-0.3, -0.25) is 9.36 Å². The highest BCUT2D eigenvalue weighted by atomic mass is 16.1. The molecule has 0 atom stereocenters. The molecule has 0 fully saturated rings. The zero-order valence-electron chi connectivity index (χ0n) is 12.8. The molecule has 2 heterocycles. The number of amides is 1. The van der Waals surface area contributed by atoms with Crippen molar-refractivity contribution in [1.29, 1.82) is 0 Å². The normalized spacial score (nSPS) is 10.8. The van der Waals surface area contributed by atoms with Crippen molar-refractivity contribution in [2.75, 3.05) is 0 Å². The van der Waals surface area contributed by atoms with E-state index in [1.165, 1.54) is 0 Å².